The maximum Gasteiger partial charge on any atom is 0.0541 e. The van der Waals surface area contributed by atoms with Crippen molar-refractivity contribution < 1.29 is 0 Å². The minimum atomic E-state index is 0.733. The van der Waals surface area contributed by atoms with Gasteiger partial charge in [-0.25, -0.2) is 0 Å². The summed E-state index contributed by atoms with van der Waals surface area (Å²) < 4.78 is 3.40. The molecular weight excluding hydrogens is 490 g/mol. The van der Waals surface area contributed by atoms with Crippen LogP contribution in [0.5, 0.6) is 0 Å². The number of aromatic nitrogens is 1. The summed E-state index contributed by atoms with van der Waals surface area (Å²) in [5, 5.41) is 3.27. The van der Waals surface area contributed by atoms with Crippen molar-refractivity contribution in [1.29, 1.82) is 0 Å². The molecule has 33 heavy (non-hydrogen) atoms. The molecule has 0 aliphatic rings. The molecule has 0 aliphatic heterocycles. The highest BCUT2D eigenvalue weighted by atomic mass is 79.9. The Labute approximate surface area is 206 Å². The first-order valence-electron chi connectivity index (χ1n) is 10.8. The van der Waals surface area contributed by atoms with Gasteiger partial charge in [0.05, 0.1) is 11.0 Å². The van der Waals surface area contributed by atoms with Crippen molar-refractivity contribution in [3.8, 4) is 27.9 Å². The summed E-state index contributed by atoms with van der Waals surface area (Å²) in [6.45, 7) is 0. The molecule has 0 N–H and O–H groups in total. The summed E-state index contributed by atoms with van der Waals surface area (Å²) in [6, 6.07) is 40.4. The number of nitrogens with zero attached hydrogens (tertiary/aromatic N) is 1. The Kier molecular flexibility index (Phi) is 5.05. The number of hydrogen-bond acceptors (Lipinski definition) is 0. The van der Waals surface area contributed by atoms with Gasteiger partial charge in [0.1, 0.15) is 0 Å². The van der Waals surface area contributed by atoms with E-state index in [1.54, 1.807) is 0 Å². The largest absolute Gasteiger partial charge is 0.309 e. The molecule has 6 aromatic rings. The maximum atomic E-state index is 6.51. The topological polar surface area (TPSA) is 4.93 Å². The average Bonchev–Trinajstić information content (AvgIpc) is 3.19. The van der Waals surface area contributed by atoms with Crippen LogP contribution in [0.3, 0.4) is 0 Å². The highest BCUT2D eigenvalue weighted by molar-refractivity contribution is 9.10. The zero-order valence-corrected chi connectivity index (χ0v) is 20.0. The third kappa shape index (κ3) is 3.66. The lowest BCUT2D eigenvalue weighted by molar-refractivity contribution is 1.18. The van der Waals surface area contributed by atoms with E-state index in [1.165, 1.54) is 21.8 Å². The van der Waals surface area contributed by atoms with Gasteiger partial charge < -0.3 is 4.57 Å². The lowest BCUT2D eigenvalue weighted by atomic mass is 9.99. The summed E-state index contributed by atoms with van der Waals surface area (Å²) >= 11 is 10.0. The molecule has 158 valence electrons. The van der Waals surface area contributed by atoms with Crippen molar-refractivity contribution in [2.45, 2.75) is 0 Å². The number of rotatable bonds is 3. The van der Waals surface area contributed by atoms with Crippen LogP contribution < -0.4 is 0 Å². The molecule has 5 aromatic carbocycles. The van der Waals surface area contributed by atoms with Crippen LogP contribution in [0.25, 0.3) is 49.7 Å². The van der Waals surface area contributed by atoms with Gasteiger partial charge in [0.15, 0.2) is 0 Å². The van der Waals surface area contributed by atoms with Crippen LogP contribution in [-0.4, -0.2) is 4.57 Å². The normalized spacial score (nSPS) is 11.3. The predicted octanol–water partition coefficient (Wildman–Crippen LogP) is 9.53. The van der Waals surface area contributed by atoms with Crippen molar-refractivity contribution in [3.05, 3.63) is 125 Å². The van der Waals surface area contributed by atoms with Crippen LogP contribution in [-0.2, 0) is 0 Å². The van der Waals surface area contributed by atoms with Crippen molar-refractivity contribution in [3.63, 3.8) is 0 Å². The molecule has 6 rings (SSSR count). The summed E-state index contributed by atoms with van der Waals surface area (Å²) in [7, 11) is 0. The monoisotopic (exact) mass is 507 g/mol. The number of fused-ring (bicyclic) bond motifs is 3. The number of hydrogen-bond donors (Lipinski definition) is 0. The number of para-hydroxylation sites is 2. The maximum absolute atomic E-state index is 6.51. The minimum absolute atomic E-state index is 0.733. The van der Waals surface area contributed by atoms with E-state index in [0.717, 1.165) is 37.4 Å². The van der Waals surface area contributed by atoms with Gasteiger partial charge in [-0.3, -0.25) is 0 Å². The molecule has 0 atom stereocenters. The molecule has 3 heteroatoms. The fraction of sp³-hybridized carbons (Fsp3) is 0. The SMILES string of the molecule is Clc1cc(-c2ccc(Br)cc2)cc(-c2ccc(-n3c4ccccc4c4ccccc43)cc2)c1. The molecule has 0 aliphatic carbocycles. The smallest absolute Gasteiger partial charge is 0.0541 e. The lowest BCUT2D eigenvalue weighted by Gasteiger charge is -2.11. The Morgan fingerprint density at radius 2 is 1.00 bits per heavy atom. The van der Waals surface area contributed by atoms with E-state index in [2.05, 4.69) is 124 Å². The summed E-state index contributed by atoms with van der Waals surface area (Å²) in [5.74, 6) is 0. The molecule has 1 nitrogen and oxygen atoms in total. The van der Waals surface area contributed by atoms with Gasteiger partial charge >= 0.3 is 0 Å². The fourth-order valence-electron chi connectivity index (χ4n) is 4.57. The van der Waals surface area contributed by atoms with Gasteiger partial charge in [-0.05, 0) is 76.9 Å². The third-order valence-corrected chi connectivity index (χ3v) is 6.86. The molecule has 0 unspecified atom stereocenters. The average molecular weight is 509 g/mol. The first-order valence-corrected chi connectivity index (χ1v) is 12.0. The summed E-state index contributed by atoms with van der Waals surface area (Å²) in [5.41, 5.74) is 8.07. The molecule has 0 saturated carbocycles. The van der Waals surface area contributed by atoms with Crippen LogP contribution in [0.1, 0.15) is 0 Å². The van der Waals surface area contributed by atoms with Gasteiger partial charge in [0.2, 0.25) is 0 Å². The van der Waals surface area contributed by atoms with Crippen LogP contribution in [0.15, 0.2) is 120 Å². The second kappa shape index (κ2) is 8.22. The van der Waals surface area contributed by atoms with Crippen LogP contribution in [0, 0.1) is 0 Å². The Bertz CT molecular complexity index is 1560. The molecule has 0 saturated heterocycles. The summed E-state index contributed by atoms with van der Waals surface area (Å²) in [4.78, 5) is 0. The number of benzene rings is 5. The highest BCUT2D eigenvalue weighted by Crippen LogP contribution is 2.34. The van der Waals surface area contributed by atoms with Crippen molar-refractivity contribution >= 4 is 49.3 Å². The van der Waals surface area contributed by atoms with Crippen molar-refractivity contribution in [1.82, 2.24) is 4.57 Å². The molecule has 0 amide bonds. The van der Waals surface area contributed by atoms with E-state index in [-0.39, 0.29) is 0 Å². The molecular formula is C30H19BrClN. The molecule has 1 aromatic heterocycles. The standard InChI is InChI=1S/C30H19BrClN/c31-24-13-9-20(10-14-24)22-17-23(19-25(32)18-22)21-11-15-26(16-12-21)33-29-7-3-1-5-27(29)28-6-2-4-8-30(28)33/h1-19H. The Morgan fingerprint density at radius 3 is 1.55 bits per heavy atom. The van der Waals surface area contributed by atoms with E-state index >= 15 is 0 Å². The first kappa shape index (κ1) is 20.3. The van der Waals surface area contributed by atoms with Crippen LogP contribution in [0.4, 0.5) is 0 Å². The first-order chi connectivity index (χ1) is 16.2. The van der Waals surface area contributed by atoms with E-state index in [0.29, 0.717) is 0 Å². The second-order valence-corrected chi connectivity index (χ2v) is 9.50. The van der Waals surface area contributed by atoms with Gasteiger partial charge in [0.25, 0.3) is 0 Å². The number of halogens is 2. The Morgan fingerprint density at radius 1 is 0.515 bits per heavy atom. The molecule has 1 heterocycles. The summed E-state index contributed by atoms with van der Waals surface area (Å²) in [6.07, 6.45) is 0. The quantitative estimate of drug-likeness (QED) is 0.224. The van der Waals surface area contributed by atoms with Crippen molar-refractivity contribution in [2.75, 3.05) is 0 Å². The van der Waals surface area contributed by atoms with Gasteiger partial charge in [-0.1, -0.05) is 88.2 Å². The molecule has 0 radical (unpaired) electrons. The zero-order valence-electron chi connectivity index (χ0n) is 17.7. The van der Waals surface area contributed by atoms with E-state index in [9.17, 15) is 0 Å². The van der Waals surface area contributed by atoms with Gasteiger partial charge in [-0.2, -0.15) is 0 Å². The highest BCUT2D eigenvalue weighted by Gasteiger charge is 2.12. The minimum Gasteiger partial charge on any atom is -0.309 e. The predicted molar refractivity (Wildman–Crippen MR) is 144 cm³/mol. The van der Waals surface area contributed by atoms with Crippen LogP contribution >= 0.6 is 27.5 Å². The lowest BCUT2D eigenvalue weighted by Crippen LogP contribution is -1.93. The zero-order chi connectivity index (χ0) is 22.4. The second-order valence-electron chi connectivity index (χ2n) is 8.15. The fourth-order valence-corrected chi connectivity index (χ4v) is 5.07. The van der Waals surface area contributed by atoms with E-state index in [4.69, 9.17) is 11.6 Å². The third-order valence-electron chi connectivity index (χ3n) is 6.11. The molecule has 0 fully saturated rings. The molecule has 0 bridgehead atoms. The Balaban J connectivity index is 1.45. The van der Waals surface area contributed by atoms with Gasteiger partial charge in [-0.15, -0.1) is 0 Å². The van der Waals surface area contributed by atoms with Crippen LogP contribution in [0.2, 0.25) is 5.02 Å². The van der Waals surface area contributed by atoms with E-state index in [1.807, 2.05) is 12.1 Å². The molecule has 0 spiro atoms. The Hall–Kier alpha value is -3.33. The van der Waals surface area contributed by atoms with Gasteiger partial charge in [0, 0.05) is 26.0 Å². The van der Waals surface area contributed by atoms with E-state index < -0.39 is 0 Å². The van der Waals surface area contributed by atoms with Crippen molar-refractivity contribution in [2.24, 2.45) is 0 Å².